The van der Waals surface area contributed by atoms with Crippen LogP contribution in [-0.4, -0.2) is 19.3 Å². The molecule has 1 atom stereocenters. The van der Waals surface area contributed by atoms with Gasteiger partial charge in [-0.05, 0) is 30.7 Å². The minimum atomic E-state index is -4.50. The molecular formula is C12H12F4N2. The molecule has 0 radical (unpaired) electrons. The van der Waals surface area contributed by atoms with E-state index in [0.29, 0.717) is 13.0 Å². The number of benzene rings is 1. The smallest absolute Gasteiger partial charge is 0.315 e. The van der Waals surface area contributed by atoms with Crippen molar-refractivity contribution in [2.45, 2.75) is 12.6 Å². The van der Waals surface area contributed by atoms with Gasteiger partial charge in [0.2, 0.25) is 0 Å². The summed E-state index contributed by atoms with van der Waals surface area (Å²) in [7, 11) is 0. The minimum absolute atomic E-state index is 0.305. The van der Waals surface area contributed by atoms with Crippen LogP contribution in [0, 0.1) is 23.1 Å². The van der Waals surface area contributed by atoms with E-state index in [1.807, 2.05) is 0 Å². The largest absolute Gasteiger partial charge is 0.405 e. The predicted molar refractivity (Wildman–Crippen MR) is 58.1 cm³/mol. The first-order valence-corrected chi connectivity index (χ1v) is 5.35. The molecule has 0 aliphatic carbocycles. The molecule has 0 spiro atoms. The van der Waals surface area contributed by atoms with Crippen molar-refractivity contribution >= 4 is 0 Å². The maximum Gasteiger partial charge on any atom is 0.405 e. The van der Waals surface area contributed by atoms with E-state index in [1.165, 1.54) is 18.2 Å². The molecule has 6 heteroatoms. The van der Waals surface area contributed by atoms with Crippen molar-refractivity contribution in [2.75, 3.05) is 13.1 Å². The number of nitrogens with zero attached hydrogens (tertiary/aromatic N) is 1. The van der Waals surface area contributed by atoms with Gasteiger partial charge in [-0.1, -0.05) is 12.1 Å². The molecule has 98 valence electrons. The number of nitrogens with one attached hydrogen (secondary N) is 1. The lowest BCUT2D eigenvalue weighted by Gasteiger charge is -2.13. The molecule has 0 aliphatic heterocycles. The van der Waals surface area contributed by atoms with Gasteiger partial charge in [0.05, 0.1) is 6.07 Å². The zero-order valence-electron chi connectivity index (χ0n) is 9.47. The Balaban J connectivity index is 2.31. The van der Waals surface area contributed by atoms with Gasteiger partial charge in [0, 0.05) is 6.54 Å². The fraction of sp³-hybridized carbons (Fsp3) is 0.417. The monoisotopic (exact) mass is 260 g/mol. The highest BCUT2D eigenvalue weighted by Gasteiger charge is 2.39. The van der Waals surface area contributed by atoms with E-state index >= 15 is 0 Å². The zero-order chi connectivity index (χ0) is 13.6. The van der Waals surface area contributed by atoms with E-state index in [2.05, 4.69) is 5.32 Å². The molecule has 0 aromatic heterocycles. The van der Waals surface area contributed by atoms with Gasteiger partial charge in [-0.15, -0.1) is 0 Å². The summed E-state index contributed by atoms with van der Waals surface area (Å²) in [6.07, 6.45) is -4.02. The Morgan fingerprint density at radius 2 is 1.83 bits per heavy atom. The van der Waals surface area contributed by atoms with Crippen molar-refractivity contribution in [1.82, 2.24) is 5.32 Å². The standard InChI is InChI=1S/C12H12F4N2/c13-11-3-1-9(2-4-11)5-6-18-8-10(7-17)12(14,15)16/h1-4,10,18H,5-6,8H2. The van der Waals surface area contributed by atoms with Crippen LogP contribution >= 0.6 is 0 Å². The average molecular weight is 260 g/mol. The molecule has 0 fully saturated rings. The van der Waals surface area contributed by atoms with E-state index < -0.39 is 18.6 Å². The van der Waals surface area contributed by atoms with E-state index in [0.717, 1.165) is 5.56 Å². The van der Waals surface area contributed by atoms with Gasteiger partial charge in [0.1, 0.15) is 5.82 Å². The van der Waals surface area contributed by atoms with Crippen LogP contribution in [-0.2, 0) is 6.42 Å². The summed E-state index contributed by atoms with van der Waals surface area (Å²) >= 11 is 0. The van der Waals surface area contributed by atoms with Crippen LogP contribution in [0.25, 0.3) is 0 Å². The SMILES string of the molecule is N#CC(CNCCc1ccc(F)cc1)C(F)(F)F. The van der Waals surface area contributed by atoms with Crippen LogP contribution < -0.4 is 5.32 Å². The van der Waals surface area contributed by atoms with Crippen molar-refractivity contribution < 1.29 is 17.6 Å². The van der Waals surface area contributed by atoms with E-state index in [-0.39, 0.29) is 5.82 Å². The number of hydrogen-bond acceptors (Lipinski definition) is 2. The third kappa shape index (κ3) is 4.72. The zero-order valence-corrected chi connectivity index (χ0v) is 9.47. The molecule has 1 aromatic carbocycles. The summed E-state index contributed by atoms with van der Waals surface area (Å²) in [5, 5.41) is 10.9. The van der Waals surface area contributed by atoms with Gasteiger partial charge >= 0.3 is 6.18 Å². The Hall–Kier alpha value is -1.61. The molecule has 1 unspecified atom stereocenters. The molecule has 2 nitrogen and oxygen atoms in total. The molecule has 0 aliphatic rings. The Labute approximate surface area is 102 Å². The third-order valence-electron chi connectivity index (χ3n) is 2.40. The first kappa shape index (κ1) is 14.5. The quantitative estimate of drug-likeness (QED) is 0.652. The van der Waals surface area contributed by atoms with Crippen molar-refractivity contribution in [3.63, 3.8) is 0 Å². The molecule has 1 N–H and O–H groups in total. The van der Waals surface area contributed by atoms with E-state index in [9.17, 15) is 17.6 Å². The number of hydrogen-bond donors (Lipinski definition) is 1. The first-order chi connectivity index (χ1) is 8.43. The average Bonchev–Trinajstić information content (AvgIpc) is 2.30. The topological polar surface area (TPSA) is 35.8 Å². The van der Waals surface area contributed by atoms with Gasteiger partial charge in [0.15, 0.2) is 5.92 Å². The molecule has 0 saturated heterocycles. The van der Waals surface area contributed by atoms with Crippen LogP contribution in [0.3, 0.4) is 0 Å². The van der Waals surface area contributed by atoms with Crippen LogP contribution in [0.5, 0.6) is 0 Å². The summed E-state index contributed by atoms with van der Waals surface area (Å²) in [6.45, 7) is -0.124. The second-order valence-electron chi connectivity index (χ2n) is 3.80. The van der Waals surface area contributed by atoms with Crippen molar-refractivity contribution in [3.8, 4) is 6.07 Å². The number of rotatable bonds is 5. The van der Waals surface area contributed by atoms with Crippen molar-refractivity contribution in [3.05, 3.63) is 35.6 Å². The lowest BCUT2D eigenvalue weighted by atomic mass is 10.1. The van der Waals surface area contributed by atoms with Crippen LogP contribution in [0.4, 0.5) is 17.6 Å². The lowest BCUT2D eigenvalue weighted by Crippen LogP contribution is -2.33. The highest BCUT2D eigenvalue weighted by Crippen LogP contribution is 2.24. The van der Waals surface area contributed by atoms with Gasteiger partial charge in [0.25, 0.3) is 0 Å². The predicted octanol–water partition coefficient (Wildman–Crippen LogP) is 2.66. The van der Waals surface area contributed by atoms with Crippen molar-refractivity contribution in [2.24, 2.45) is 5.92 Å². The normalized spacial score (nSPS) is 13.1. The molecular weight excluding hydrogens is 248 g/mol. The fourth-order valence-electron chi connectivity index (χ4n) is 1.36. The molecule has 1 aromatic rings. The van der Waals surface area contributed by atoms with Crippen LogP contribution in [0.1, 0.15) is 5.56 Å². The van der Waals surface area contributed by atoms with Crippen LogP contribution in [0.2, 0.25) is 0 Å². The molecule has 0 amide bonds. The Morgan fingerprint density at radius 3 is 2.33 bits per heavy atom. The van der Waals surface area contributed by atoms with Crippen LogP contribution in [0.15, 0.2) is 24.3 Å². The fourth-order valence-corrected chi connectivity index (χ4v) is 1.36. The lowest BCUT2D eigenvalue weighted by molar-refractivity contribution is -0.157. The summed E-state index contributed by atoms with van der Waals surface area (Å²) in [6, 6.07) is 6.94. The number of nitriles is 1. The highest BCUT2D eigenvalue weighted by atomic mass is 19.4. The molecule has 18 heavy (non-hydrogen) atoms. The van der Waals surface area contributed by atoms with Gasteiger partial charge in [-0.3, -0.25) is 0 Å². The maximum absolute atomic E-state index is 12.6. The molecule has 1 rings (SSSR count). The van der Waals surface area contributed by atoms with E-state index in [1.54, 1.807) is 12.1 Å². The minimum Gasteiger partial charge on any atom is -0.315 e. The first-order valence-electron chi connectivity index (χ1n) is 5.35. The molecule has 0 heterocycles. The summed E-state index contributed by atoms with van der Waals surface area (Å²) in [5.74, 6) is -2.35. The van der Waals surface area contributed by atoms with Gasteiger partial charge in [-0.2, -0.15) is 18.4 Å². The summed E-state index contributed by atoms with van der Waals surface area (Å²) in [4.78, 5) is 0. The third-order valence-corrected chi connectivity index (χ3v) is 2.40. The number of alkyl halides is 3. The summed E-state index contributed by atoms with van der Waals surface area (Å²) < 4.78 is 49.2. The summed E-state index contributed by atoms with van der Waals surface area (Å²) in [5.41, 5.74) is 0.824. The second kappa shape index (κ2) is 6.36. The Kier molecular flexibility index (Phi) is 5.10. The Morgan fingerprint density at radius 1 is 1.22 bits per heavy atom. The van der Waals surface area contributed by atoms with Crippen molar-refractivity contribution in [1.29, 1.82) is 5.26 Å². The maximum atomic E-state index is 12.6. The van der Waals surface area contributed by atoms with Gasteiger partial charge < -0.3 is 5.32 Å². The molecule has 0 bridgehead atoms. The van der Waals surface area contributed by atoms with Gasteiger partial charge in [-0.25, -0.2) is 4.39 Å². The second-order valence-corrected chi connectivity index (χ2v) is 3.80. The van der Waals surface area contributed by atoms with E-state index in [4.69, 9.17) is 5.26 Å². The number of halogens is 4. The highest BCUT2D eigenvalue weighted by molar-refractivity contribution is 5.16. The molecule has 0 saturated carbocycles. The Bertz CT molecular complexity index is 406.